The van der Waals surface area contributed by atoms with E-state index in [1.807, 2.05) is 0 Å². The van der Waals surface area contributed by atoms with Gasteiger partial charge in [0.15, 0.2) is 17.3 Å². The Bertz CT molecular complexity index is 1650. The summed E-state index contributed by atoms with van der Waals surface area (Å²) in [5.41, 5.74) is -0.568. The zero-order valence-electron chi connectivity index (χ0n) is 28.2. The molecule has 264 valence electrons. The van der Waals surface area contributed by atoms with Crippen LogP contribution in [0.4, 0.5) is 0 Å². The normalized spacial score (nSPS) is 11.9. The molecule has 0 aliphatic rings. The summed E-state index contributed by atoms with van der Waals surface area (Å²) >= 11 is 0. The predicted molar refractivity (Wildman–Crippen MR) is 192 cm³/mol. The molecule has 2 aromatic carbocycles. The van der Waals surface area contributed by atoms with Crippen molar-refractivity contribution in [3.05, 3.63) is 89.2 Å². The molecule has 0 aliphatic carbocycles. The highest BCUT2D eigenvalue weighted by molar-refractivity contribution is 5.88. The molecule has 0 unspecified atom stereocenters. The average molecular weight is 676 g/mol. The first-order valence-electron chi connectivity index (χ1n) is 16.9. The lowest BCUT2D eigenvalue weighted by Crippen LogP contribution is -2.27. The average Bonchev–Trinajstić information content (AvgIpc) is 3.07. The first-order chi connectivity index (χ1) is 23.8. The molecule has 0 spiro atoms. The molecule has 1 aromatic heterocycles. The molecule has 0 aliphatic heterocycles. The number of hydrogen-bond donors (Lipinski definition) is 5. The Morgan fingerprint density at radius 3 is 2.12 bits per heavy atom. The van der Waals surface area contributed by atoms with Gasteiger partial charge in [0.05, 0.1) is 13.2 Å². The Kier molecular flexibility index (Phi) is 17.1. The summed E-state index contributed by atoms with van der Waals surface area (Å²) in [5.74, 6) is -1.98. The van der Waals surface area contributed by atoms with E-state index in [2.05, 4.69) is 60.8 Å². The second-order valence-electron chi connectivity index (χ2n) is 11.4. The number of phenols is 4. The second-order valence-corrected chi connectivity index (χ2v) is 11.4. The first kappa shape index (κ1) is 38.5. The number of carbonyl (C=O) groups excluding carboxylic acids is 1. The molecule has 0 saturated heterocycles. The molecule has 49 heavy (non-hydrogen) atoms. The Hall–Kier alpha value is -4.96. The van der Waals surface area contributed by atoms with Crippen molar-refractivity contribution in [2.75, 3.05) is 26.4 Å². The Morgan fingerprint density at radius 2 is 1.45 bits per heavy atom. The molecular weight excluding hydrogens is 626 g/mol. The van der Waals surface area contributed by atoms with E-state index in [1.165, 1.54) is 49.9 Å². The minimum atomic E-state index is -0.695. The fourth-order valence-electron chi connectivity index (χ4n) is 4.85. The van der Waals surface area contributed by atoms with Gasteiger partial charge in [-0.05, 0) is 63.1 Å². The molecule has 1 amide bonds. The number of aromatic hydroxyl groups is 4. The summed E-state index contributed by atoms with van der Waals surface area (Å²) < 4.78 is 17.0. The molecule has 0 bridgehead atoms. The predicted octanol–water partition coefficient (Wildman–Crippen LogP) is 7.94. The van der Waals surface area contributed by atoms with Gasteiger partial charge >= 0.3 is 0 Å². The van der Waals surface area contributed by atoms with Crippen LogP contribution < -0.4 is 15.5 Å². The first-order valence-corrected chi connectivity index (χ1v) is 16.9. The van der Waals surface area contributed by atoms with Crippen LogP contribution in [0.15, 0.2) is 88.2 Å². The van der Waals surface area contributed by atoms with Crippen LogP contribution in [0, 0.1) is 0 Å². The molecule has 0 saturated carbocycles. The number of hydrogen-bond acceptors (Lipinski definition) is 9. The van der Waals surface area contributed by atoms with Crippen molar-refractivity contribution < 1.29 is 39.1 Å². The third-order valence-corrected chi connectivity index (χ3v) is 7.43. The molecule has 1 heterocycles. The fourth-order valence-corrected chi connectivity index (χ4v) is 4.85. The number of rotatable bonds is 22. The summed E-state index contributed by atoms with van der Waals surface area (Å²) in [5, 5.41) is 42.4. The van der Waals surface area contributed by atoms with Gasteiger partial charge in [0.25, 0.3) is 0 Å². The van der Waals surface area contributed by atoms with Crippen molar-refractivity contribution in [1.82, 2.24) is 5.32 Å². The summed E-state index contributed by atoms with van der Waals surface area (Å²) in [6.07, 6.45) is 27.2. The zero-order valence-corrected chi connectivity index (χ0v) is 28.2. The van der Waals surface area contributed by atoms with Crippen LogP contribution in [-0.2, 0) is 9.53 Å². The topological polar surface area (TPSA) is 159 Å². The molecule has 0 radical (unpaired) electrons. The maximum atomic E-state index is 13.3. The highest BCUT2D eigenvalue weighted by Crippen LogP contribution is 2.38. The largest absolute Gasteiger partial charge is 0.508 e. The monoisotopic (exact) mass is 675 g/mol. The summed E-state index contributed by atoms with van der Waals surface area (Å²) in [7, 11) is 0. The SMILES string of the molecule is CCCCC/C=C\C/C=C\C/C=C\C/C=C\CCCC(=O)NCCOCCOc1c(-c2ccc(O)c(O)c2)oc2cc(O)cc(O)c2c1=O. The lowest BCUT2D eigenvalue weighted by molar-refractivity contribution is -0.121. The maximum absolute atomic E-state index is 13.3. The molecular formula is C39H49NO9. The van der Waals surface area contributed by atoms with E-state index in [9.17, 15) is 30.0 Å². The van der Waals surface area contributed by atoms with E-state index in [0.717, 1.165) is 38.2 Å². The molecule has 10 heteroatoms. The van der Waals surface area contributed by atoms with Gasteiger partial charge in [0, 0.05) is 30.7 Å². The highest BCUT2D eigenvalue weighted by atomic mass is 16.5. The lowest BCUT2D eigenvalue weighted by atomic mass is 10.1. The van der Waals surface area contributed by atoms with Gasteiger partial charge in [-0.25, -0.2) is 0 Å². The van der Waals surface area contributed by atoms with Crippen molar-refractivity contribution in [1.29, 1.82) is 0 Å². The molecule has 3 aromatic rings. The van der Waals surface area contributed by atoms with Gasteiger partial charge in [-0.1, -0.05) is 68.4 Å². The van der Waals surface area contributed by atoms with Gasteiger partial charge in [-0.3, -0.25) is 9.59 Å². The molecule has 5 N–H and O–H groups in total. The van der Waals surface area contributed by atoms with E-state index in [0.29, 0.717) is 13.0 Å². The van der Waals surface area contributed by atoms with E-state index >= 15 is 0 Å². The van der Waals surface area contributed by atoms with Crippen molar-refractivity contribution in [3.63, 3.8) is 0 Å². The van der Waals surface area contributed by atoms with Crippen molar-refractivity contribution in [2.24, 2.45) is 0 Å². The van der Waals surface area contributed by atoms with Crippen molar-refractivity contribution >= 4 is 16.9 Å². The minimum absolute atomic E-state index is 0.0582. The summed E-state index contributed by atoms with van der Waals surface area (Å²) in [4.78, 5) is 25.4. The van der Waals surface area contributed by atoms with Gasteiger partial charge in [-0.15, -0.1) is 0 Å². The third kappa shape index (κ3) is 13.6. The molecule has 10 nitrogen and oxygen atoms in total. The second kappa shape index (κ2) is 21.8. The summed E-state index contributed by atoms with van der Waals surface area (Å²) in [6, 6.07) is 6.02. The number of carbonyl (C=O) groups is 1. The van der Waals surface area contributed by atoms with E-state index in [1.54, 1.807) is 0 Å². The van der Waals surface area contributed by atoms with Crippen LogP contribution in [0.1, 0.15) is 71.1 Å². The Morgan fingerprint density at radius 1 is 0.776 bits per heavy atom. The van der Waals surface area contributed by atoms with Gasteiger partial charge in [0.1, 0.15) is 29.1 Å². The van der Waals surface area contributed by atoms with Crippen molar-refractivity contribution in [3.8, 4) is 40.1 Å². The minimum Gasteiger partial charge on any atom is -0.508 e. The van der Waals surface area contributed by atoms with Crippen LogP contribution in [0.2, 0.25) is 0 Å². The Labute approximate surface area is 287 Å². The number of nitrogens with one attached hydrogen (secondary N) is 1. The van der Waals surface area contributed by atoms with E-state index < -0.39 is 16.9 Å². The summed E-state index contributed by atoms with van der Waals surface area (Å²) in [6.45, 7) is 2.79. The van der Waals surface area contributed by atoms with Crippen LogP contribution in [0.5, 0.6) is 28.7 Å². The zero-order chi connectivity index (χ0) is 35.3. The molecule has 3 rings (SSSR count). The number of unbranched alkanes of at least 4 members (excludes halogenated alkanes) is 4. The maximum Gasteiger partial charge on any atom is 0.239 e. The fraction of sp³-hybridized carbons (Fsp3) is 0.385. The standard InChI is InChI=1S/C39H49NO9/c1-2-3-4-5-6-7-8-9-10-11-12-13-14-15-16-17-18-19-35(45)40-22-23-47-24-25-48-39-37(46)36-33(44)27-30(41)28-34(36)49-38(39)29-20-21-31(42)32(43)26-29/h6-7,9-10,12-13,15-16,20-21,26-28,41-44H,2-5,8,11,14,17-19,22-25H2,1H3,(H,40,45)/b7-6-,10-9-,13-12-,16-15-. The highest BCUT2D eigenvalue weighted by Gasteiger charge is 2.21. The number of allylic oxidation sites excluding steroid dienone is 8. The van der Waals surface area contributed by atoms with Gasteiger partial charge in [0.2, 0.25) is 17.1 Å². The third-order valence-electron chi connectivity index (χ3n) is 7.43. The van der Waals surface area contributed by atoms with Crippen molar-refractivity contribution in [2.45, 2.75) is 71.1 Å². The number of fused-ring (bicyclic) bond motifs is 1. The molecule has 0 fully saturated rings. The molecule has 0 atom stereocenters. The lowest BCUT2D eigenvalue weighted by Gasteiger charge is -2.13. The van der Waals surface area contributed by atoms with Crippen LogP contribution in [-0.4, -0.2) is 52.7 Å². The van der Waals surface area contributed by atoms with E-state index in [-0.39, 0.29) is 65.3 Å². The quantitative estimate of drug-likeness (QED) is 0.0405. The van der Waals surface area contributed by atoms with Crippen LogP contribution >= 0.6 is 0 Å². The van der Waals surface area contributed by atoms with Gasteiger partial charge < -0.3 is 39.6 Å². The van der Waals surface area contributed by atoms with Gasteiger partial charge in [-0.2, -0.15) is 0 Å². The van der Waals surface area contributed by atoms with E-state index in [4.69, 9.17) is 13.9 Å². The number of phenolic OH excluding ortho intramolecular Hbond substituents is 4. The Balaban J connectivity index is 1.31. The van der Waals surface area contributed by atoms with Crippen LogP contribution in [0.3, 0.4) is 0 Å². The number of amides is 1. The number of ether oxygens (including phenoxy) is 2. The van der Waals surface area contributed by atoms with Crippen LogP contribution in [0.25, 0.3) is 22.3 Å². The smallest absolute Gasteiger partial charge is 0.239 e. The number of benzene rings is 2.